The van der Waals surface area contributed by atoms with Crippen LogP contribution in [-0.4, -0.2) is 65.8 Å². The Labute approximate surface area is 189 Å². The smallest absolute Gasteiger partial charge is 0.227 e. The third-order valence-corrected chi connectivity index (χ3v) is 6.56. The molecule has 2 fully saturated rings. The van der Waals surface area contributed by atoms with Crippen LogP contribution in [0.25, 0.3) is 0 Å². The highest BCUT2D eigenvalue weighted by atomic mass is 19.1. The second kappa shape index (κ2) is 10.7. The van der Waals surface area contributed by atoms with Crippen LogP contribution in [0.15, 0.2) is 54.6 Å². The average molecular weight is 438 g/mol. The van der Waals surface area contributed by atoms with Gasteiger partial charge in [-0.05, 0) is 42.5 Å². The summed E-state index contributed by atoms with van der Waals surface area (Å²) in [5.41, 5.74) is 2.24. The van der Waals surface area contributed by atoms with Gasteiger partial charge in [0.25, 0.3) is 0 Å². The molecule has 0 aliphatic carbocycles. The molecule has 2 saturated heterocycles. The van der Waals surface area contributed by atoms with Crippen LogP contribution in [-0.2, 0) is 22.6 Å². The summed E-state index contributed by atoms with van der Waals surface area (Å²) >= 11 is 0. The van der Waals surface area contributed by atoms with E-state index in [9.17, 15) is 14.0 Å². The van der Waals surface area contributed by atoms with Crippen molar-refractivity contribution < 1.29 is 14.0 Å². The van der Waals surface area contributed by atoms with Crippen molar-refractivity contribution in [2.24, 2.45) is 5.92 Å². The summed E-state index contributed by atoms with van der Waals surface area (Å²) in [6.45, 7) is 4.89. The van der Waals surface area contributed by atoms with Crippen LogP contribution in [0.2, 0.25) is 0 Å². The van der Waals surface area contributed by atoms with Gasteiger partial charge in [-0.15, -0.1) is 0 Å². The Balaban J connectivity index is 1.23. The number of rotatable bonds is 7. The first-order valence-corrected chi connectivity index (χ1v) is 11.7. The van der Waals surface area contributed by atoms with E-state index in [1.807, 2.05) is 34.1 Å². The predicted molar refractivity (Wildman–Crippen MR) is 122 cm³/mol. The number of nitrogens with zero attached hydrogens (tertiary/aromatic N) is 3. The Bertz CT molecular complexity index is 912. The predicted octanol–water partition coefficient (Wildman–Crippen LogP) is 3.34. The van der Waals surface area contributed by atoms with Crippen molar-refractivity contribution in [3.63, 3.8) is 0 Å². The van der Waals surface area contributed by atoms with Crippen molar-refractivity contribution in [2.45, 2.75) is 32.2 Å². The molecule has 2 aliphatic heterocycles. The molecular weight excluding hydrogens is 405 g/mol. The first-order chi connectivity index (χ1) is 15.6. The maximum Gasteiger partial charge on any atom is 0.227 e. The molecule has 2 aromatic rings. The molecule has 0 saturated carbocycles. The first-order valence-electron chi connectivity index (χ1n) is 11.7. The molecule has 2 aliphatic rings. The summed E-state index contributed by atoms with van der Waals surface area (Å²) in [5, 5.41) is 0. The fourth-order valence-electron chi connectivity index (χ4n) is 4.73. The van der Waals surface area contributed by atoms with E-state index in [1.165, 1.54) is 11.6 Å². The van der Waals surface area contributed by atoms with Gasteiger partial charge >= 0.3 is 0 Å². The van der Waals surface area contributed by atoms with Crippen LogP contribution in [0.3, 0.4) is 0 Å². The van der Waals surface area contributed by atoms with Crippen LogP contribution in [0.4, 0.5) is 4.39 Å². The Morgan fingerprint density at radius 2 is 1.72 bits per heavy atom. The van der Waals surface area contributed by atoms with E-state index >= 15 is 0 Å². The number of likely N-dealkylation sites (tertiary alicyclic amines) is 1. The number of carbonyl (C=O) groups is 2. The first kappa shape index (κ1) is 22.5. The molecule has 0 bridgehead atoms. The second-order valence-corrected chi connectivity index (χ2v) is 8.90. The highest BCUT2D eigenvalue weighted by molar-refractivity contribution is 5.84. The van der Waals surface area contributed by atoms with Crippen molar-refractivity contribution in [1.29, 1.82) is 0 Å². The second-order valence-electron chi connectivity index (χ2n) is 8.90. The van der Waals surface area contributed by atoms with E-state index in [-0.39, 0.29) is 23.5 Å². The number of hydrogen-bond acceptors (Lipinski definition) is 3. The van der Waals surface area contributed by atoms with E-state index < -0.39 is 0 Å². The molecule has 32 heavy (non-hydrogen) atoms. The van der Waals surface area contributed by atoms with Crippen LogP contribution in [0.5, 0.6) is 0 Å². The zero-order valence-electron chi connectivity index (χ0n) is 18.6. The summed E-state index contributed by atoms with van der Waals surface area (Å²) < 4.78 is 13.4. The molecule has 1 unspecified atom stereocenters. The largest absolute Gasteiger partial charge is 0.342 e. The molecule has 2 aromatic carbocycles. The normalized spacial score (nSPS) is 19.9. The number of carbonyl (C=O) groups excluding carboxylic acids is 2. The van der Waals surface area contributed by atoms with E-state index in [4.69, 9.17) is 0 Å². The number of piperidine rings is 1. The minimum absolute atomic E-state index is 0.0980. The molecule has 2 amide bonds. The van der Waals surface area contributed by atoms with Gasteiger partial charge in [-0.2, -0.15) is 0 Å². The van der Waals surface area contributed by atoms with E-state index in [1.54, 1.807) is 12.1 Å². The minimum Gasteiger partial charge on any atom is -0.342 e. The van der Waals surface area contributed by atoms with Crippen molar-refractivity contribution in [3.8, 4) is 0 Å². The van der Waals surface area contributed by atoms with E-state index in [0.717, 1.165) is 31.5 Å². The topological polar surface area (TPSA) is 43.9 Å². The number of amides is 2. The SMILES string of the molecule is O=C1CCC(C(=O)N2CCN(Cc3cccc(F)c3)CC2)CN1CCCc1ccccc1. The number of halogens is 1. The van der Waals surface area contributed by atoms with Gasteiger partial charge in [0.2, 0.25) is 11.8 Å². The van der Waals surface area contributed by atoms with Crippen LogP contribution < -0.4 is 0 Å². The zero-order chi connectivity index (χ0) is 22.3. The maximum absolute atomic E-state index is 13.4. The fourth-order valence-corrected chi connectivity index (χ4v) is 4.73. The number of aryl methyl sites for hydroxylation is 1. The lowest BCUT2D eigenvalue weighted by Gasteiger charge is -2.39. The summed E-state index contributed by atoms with van der Waals surface area (Å²) in [6.07, 6.45) is 2.96. The molecule has 0 N–H and O–H groups in total. The summed E-state index contributed by atoms with van der Waals surface area (Å²) in [5.74, 6) is 0.0358. The third-order valence-electron chi connectivity index (χ3n) is 6.56. The average Bonchev–Trinajstić information content (AvgIpc) is 2.81. The van der Waals surface area contributed by atoms with Crippen molar-refractivity contribution in [2.75, 3.05) is 39.3 Å². The minimum atomic E-state index is -0.212. The molecule has 1 atom stereocenters. The highest BCUT2D eigenvalue weighted by Crippen LogP contribution is 2.22. The summed E-state index contributed by atoms with van der Waals surface area (Å²) in [4.78, 5) is 31.6. The van der Waals surface area contributed by atoms with Crippen LogP contribution in [0.1, 0.15) is 30.4 Å². The number of hydrogen-bond donors (Lipinski definition) is 0. The molecule has 0 radical (unpaired) electrons. The standard InChI is InChI=1S/C26H32FN3O2/c27-24-10-4-8-22(18-24)19-28-14-16-29(17-15-28)26(32)23-11-12-25(31)30(20-23)13-5-9-21-6-2-1-3-7-21/h1-4,6-8,10,18,23H,5,9,11-17,19-20H2. The Morgan fingerprint density at radius 1 is 0.969 bits per heavy atom. The Hall–Kier alpha value is -2.73. The lowest BCUT2D eigenvalue weighted by atomic mass is 9.95. The van der Waals surface area contributed by atoms with E-state index in [2.05, 4.69) is 17.0 Å². The summed E-state index contributed by atoms with van der Waals surface area (Å²) in [7, 11) is 0. The van der Waals surface area contributed by atoms with Gasteiger partial charge < -0.3 is 9.80 Å². The van der Waals surface area contributed by atoms with Gasteiger partial charge in [0, 0.05) is 52.2 Å². The molecule has 170 valence electrons. The van der Waals surface area contributed by atoms with Gasteiger partial charge in [-0.25, -0.2) is 4.39 Å². The number of benzene rings is 2. The zero-order valence-corrected chi connectivity index (χ0v) is 18.6. The van der Waals surface area contributed by atoms with Gasteiger partial charge in [-0.3, -0.25) is 14.5 Å². The molecule has 2 heterocycles. The molecule has 5 nitrogen and oxygen atoms in total. The third kappa shape index (κ3) is 5.94. The quantitative estimate of drug-likeness (QED) is 0.667. The summed E-state index contributed by atoms with van der Waals surface area (Å²) in [6, 6.07) is 17.0. The monoisotopic (exact) mass is 437 g/mol. The maximum atomic E-state index is 13.4. The van der Waals surface area contributed by atoms with Gasteiger partial charge in [-0.1, -0.05) is 42.5 Å². The fraction of sp³-hybridized carbons (Fsp3) is 0.462. The molecular formula is C26H32FN3O2. The molecule has 0 aromatic heterocycles. The highest BCUT2D eigenvalue weighted by Gasteiger charge is 2.33. The number of piperazine rings is 1. The van der Waals surface area contributed by atoms with Crippen LogP contribution in [0, 0.1) is 11.7 Å². The molecule has 4 rings (SSSR count). The van der Waals surface area contributed by atoms with Crippen molar-refractivity contribution in [3.05, 3.63) is 71.5 Å². The van der Waals surface area contributed by atoms with Crippen LogP contribution >= 0.6 is 0 Å². The Kier molecular flexibility index (Phi) is 7.53. The lowest BCUT2D eigenvalue weighted by Crippen LogP contribution is -2.53. The van der Waals surface area contributed by atoms with Gasteiger partial charge in [0.1, 0.15) is 5.82 Å². The van der Waals surface area contributed by atoms with Gasteiger partial charge in [0.15, 0.2) is 0 Å². The van der Waals surface area contributed by atoms with Gasteiger partial charge in [0.05, 0.1) is 5.92 Å². The van der Waals surface area contributed by atoms with Crippen molar-refractivity contribution >= 4 is 11.8 Å². The lowest BCUT2D eigenvalue weighted by molar-refractivity contribution is -0.144. The molecule has 0 spiro atoms. The molecule has 6 heteroatoms. The van der Waals surface area contributed by atoms with Crippen molar-refractivity contribution in [1.82, 2.24) is 14.7 Å². The van der Waals surface area contributed by atoms with E-state index in [0.29, 0.717) is 45.6 Å². The Morgan fingerprint density at radius 3 is 2.47 bits per heavy atom.